The topological polar surface area (TPSA) is 20.2 Å². The normalized spacial score (nSPS) is 13.0. The van der Waals surface area contributed by atoms with Crippen LogP contribution in [0.5, 0.6) is 0 Å². The van der Waals surface area contributed by atoms with E-state index in [9.17, 15) is 9.50 Å². The SMILES string of the molecule is C=C(C)C(O)c1sccc1F. The van der Waals surface area contributed by atoms with Gasteiger partial charge in [-0.3, -0.25) is 0 Å². The molecule has 1 nitrogen and oxygen atoms in total. The Bertz CT molecular complexity index is 267. The van der Waals surface area contributed by atoms with Gasteiger partial charge in [0.2, 0.25) is 0 Å². The fourth-order valence-corrected chi connectivity index (χ4v) is 1.57. The van der Waals surface area contributed by atoms with Crippen molar-refractivity contribution in [2.45, 2.75) is 13.0 Å². The van der Waals surface area contributed by atoms with E-state index in [2.05, 4.69) is 6.58 Å². The van der Waals surface area contributed by atoms with E-state index >= 15 is 0 Å². The number of hydrogen-bond acceptors (Lipinski definition) is 2. The van der Waals surface area contributed by atoms with Crippen LogP contribution in [0.25, 0.3) is 0 Å². The Morgan fingerprint density at radius 3 is 2.82 bits per heavy atom. The molecule has 0 saturated carbocycles. The zero-order chi connectivity index (χ0) is 8.43. The molecule has 0 bridgehead atoms. The van der Waals surface area contributed by atoms with Gasteiger partial charge >= 0.3 is 0 Å². The van der Waals surface area contributed by atoms with Crippen LogP contribution in [0.4, 0.5) is 4.39 Å². The van der Waals surface area contributed by atoms with Gasteiger partial charge in [0.1, 0.15) is 11.9 Å². The third-order valence-electron chi connectivity index (χ3n) is 1.36. The maximum Gasteiger partial charge on any atom is 0.140 e. The van der Waals surface area contributed by atoms with Crippen LogP contribution in [-0.2, 0) is 0 Å². The van der Waals surface area contributed by atoms with Gasteiger partial charge in [-0.25, -0.2) is 4.39 Å². The van der Waals surface area contributed by atoms with Crippen LogP contribution in [0.15, 0.2) is 23.6 Å². The minimum absolute atomic E-state index is 0.345. The van der Waals surface area contributed by atoms with Crippen molar-refractivity contribution < 1.29 is 9.50 Å². The van der Waals surface area contributed by atoms with E-state index in [-0.39, 0.29) is 5.82 Å². The maximum absolute atomic E-state index is 12.8. The molecule has 0 saturated heterocycles. The number of halogens is 1. The Kier molecular flexibility index (Phi) is 2.42. The van der Waals surface area contributed by atoms with E-state index in [1.54, 1.807) is 12.3 Å². The molecule has 1 heterocycles. The van der Waals surface area contributed by atoms with E-state index in [1.165, 1.54) is 17.4 Å². The molecule has 0 spiro atoms. The molecule has 1 aromatic heterocycles. The molecular weight excluding hydrogens is 163 g/mol. The second-order valence-corrected chi connectivity index (χ2v) is 3.33. The molecule has 3 heteroatoms. The van der Waals surface area contributed by atoms with Crippen molar-refractivity contribution >= 4 is 11.3 Å². The van der Waals surface area contributed by atoms with Crippen molar-refractivity contribution in [1.82, 2.24) is 0 Å². The van der Waals surface area contributed by atoms with Gasteiger partial charge in [0, 0.05) is 0 Å². The van der Waals surface area contributed by atoms with Crippen LogP contribution in [0, 0.1) is 5.82 Å². The Labute approximate surface area is 68.8 Å². The molecule has 0 aliphatic rings. The molecule has 1 unspecified atom stereocenters. The summed E-state index contributed by atoms with van der Waals surface area (Å²) < 4.78 is 12.8. The number of aliphatic hydroxyl groups is 1. The smallest absolute Gasteiger partial charge is 0.140 e. The molecule has 11 heavy (non-hydrogen) atoms. The summed E-state index contributed by atoms with van der Waals surface area (Å²) in [5.41, 5.74) is 0.561. The van der Waals surface area contributed by atoms with Gasteiger partial charge in [0.05, 0.1) is 4.88 Å². The molecule has 0 fully saturated rings. The first-order valence-electron chi connectivity index (χ1n) is 3.19. The van der Waals surface area contributed by atoms with E-state index in [1.807, 2.05) is 0 Å². The van der Waals surface area contributed by atoms with E-state index in [0.717, 1.165) is 0 Å². The molecule has 0 aliphatic heterocycles. The van der Waals surface area contributed by atoms with Crippen molar-refractivity contribution in [1.29, 1.82) is 0 Å². The van der Waals surface area contributed by atoms with Crippen LogP contribution in [0.3, 0.4) is 0 Å². The number of thiophene rings is 1. The molecule has 60 valence electrons. The molecule has 0 radical (unpaired) electrons. The van der Waals surface area contributed by atoms with Gasteiger partial charge in [0.15, 0.2) is 0 Å². The molecular formula is C8H9FOS. The summed E-state index contributed by atoms with van der Waals surface area (Å²) in [5, 5.41) is 10.9. The first-order valence-corrected chi connectivity index (χ1v) is 4.07. The van der Waals surface area contributed by atoms with Crippen molar-refractivity contribution in [2.75, 3.05) is 0 Å². The fourth-order valence-electron chi connectivity index (χ4n) is 0.724. The highest BCUT2D eigenvalue weighted by Gasteiger charge is 2.13. The number of rotatable bonds is 2. The Morgan fingerprint density at radius 1 is 1.82 bits per heavy atom. The highest BCUT2D eigenvalue weighted by Crippen LogP contribution is 2.27. The zero-order valence-electron chi connectivity index (χ0n) is 6.17. The lowest BCUT2D eigenvalue weighted by Crippen LogP contribution is -1.96. The van der Waals surface area contributed by atoms with Crippen LogP contribution < -0.4 is 0 Å². The summed E-state index contributed by atoms with van der Waals surface area (Å²) >= 11 is 1.20. The average Bonchev–Trinajstić information content (AvgIpc) is 2.33. The summed E-state index contributed by atoms with van der Waals surface area (Å²) in [5.74, 6) is -0.356. The summed E-state index contributed by atoms with van der Waals surface area (Å²) in [6.45, 7) is 5.21. The van der Waals surface area contributed by atoms with Crippen LogP contribution in [-0.4, -0.2) is 5.11 Å². The van der Waals surface area contributed by atoms with Crippen LogP contribution in [0.2, 0.25) is 0 Å². The third kappa shape index (κ3) is 1.67. The van der Waals surface area contributed by atoms with Crippen molar-refractivity contribution in [3.05, 3.63) is 34.3 Å². The quantitative estimate of drug-likeness (QED) is 0.679. The summed E-state index contributed by atoms with van der Waals surface area (Å²) in [6, 6.07) is 1.34. The van der Waals surface area contributed by atoms with Gasteiger partial charge < -0.3 is 5.11 Å². The van der Waals surface area contributed by atoms with Crippen molar-refractivity contribution in [3.8, 4) is 0 Å². The first-order chi connectivity index (χ1) is 5.13. The van der Waals surface area contributed by atoms with Crippen molar-refractivity contribution in [2.24, 2.45) is 0 Å². The van der Waals surface area contributed by atoms with E-state index < -0.39 is 6.10 Å². The Balaban J connectivity index is 2.92. The lowest BCUT2D eigenvalue weighted by atomic mass is 10.1. The average molecular weight is 172 g/mol. The summed E-state index contributed by atoms with van der Waals surface area (Å²) in [7, 11) is 0. The Hall–Kier alpha value is -0.670. The zero-order valence-corrected chi connectivity index (χ0v) is 6.99. The number of hydrogen-bond donors (Lipinski definition) is 1. The standard InChI is InChI=1S/C8H9FOS/c1-5(2)7(10)8-6(9)3-4-11-8/h3-4,7,10H,1H2,2H3. The van der Waals surface area contributed by atoms with Crippen LogP contribution >= 0.6 is 11.3 Å². The third-order valence-corrected chi connectivity index (χ3v) is 2.30. The summed E-state index contributed by atoms with van der Waals surface area (Å²) in [6.07, 6.45) is -0.852. The minimum atomic E-state index is -0.852. The predicted molar refractivity (Wildman–Crippen MR) is 44.1 cm³/mol. The molecule has 0 aromatic carbocycles. The van der Waals surface area contributed by atoms with Crippen LogP contribution in [0.1, 0.15) is 17.9 Å². The van der Waals surface area contributed by atoms with Gasteiger partial charge in [0.25, 0.3) is 0 Å². The lowest BCUT2D eigenvalue weighted by Gasteiger charge is -2.06. The van der Waals surface area contributed by atoms with Crippen molar-refractivity contribution in [3.63, 3.8) is 0 Å². The molecule has 0 aliphatic carbocycles. The maximum atomic E-state index is 12.8. The molecule has 0 amide bonds. The fraction of sp³-hybridized carbons (Fsp3) is 0.250. The first kappa shape index (κ1) is 8.43. The van der Waals surface area contributed by atoms with E-state index in [4.69, 9.17) is 0 Å². The molecule has 1 aromatic rings. The molecule has 1 N–H and O–H groups in total. The van der Waals surface area contributed by atoms with E-state index in [0.29, 0.717) is 10.5 Å². The predicted octanol–water partition coefficient (Wildman–Crippen LogP) is 2.50. The lowest BCUT2D eigenvalue weighted by molar-refractivity contribution is 0.215. The van der Waals surface area contributed by atoms with Gasteiger partial charge in [-0.1, -0.05) is 6.58 Å². The summed E-state index contributed by atoms with van der Waals surface area (Å²) in [4.78, 5) is 0.345. The monoisotopic (exact) mass is 172 g/mol. The molecule has 1 atom stereocenters. The molecule has 1 rings (SSSR count). The van der Waals surface area contributed by atoms with Gasteiger partial charge in [-0.05, 0) is 23.9 Å². The van der Waals surface area contributed by atoms with Gasteiger partial charge in [-0.2, -0.15) is 0 Å². The minimum Gasteiger partial charge on any atom is -0.383 e. The largest absolute Gasteiger partial charge is 0.383 e. The second-order valence-electron chi connectivity index (χ2n) is 2.38. The second kappa shape index (κ2) is 3.15. The highest BCUT2D eigenvalue weighted by atomic mass is 32.1. The highest BCUT2D eigenvalue weighted by molar-refractivity contribution is 7.10. The number of aliphatic hydroxyl groups excluding tert-OH is 1. The Morgan fingerprint density at radius 2 is 2.45 bits per heavy atom. The van der Waals surface area contributed by atoms with Gasteiger partial charge in [-0.15, -0.1) is 11.3 Å².